The largest absolute Gasteiger partial charge is 0.465 e. The first-order valence-electron chi connectivity index (χ1n) is 8.42. The number of hydrogen-bond donors (Lipinski definition) is 0. The molecule has 1 fully saturated rings. The van der Waals surface area contributed by atoms with Crippen LogP contribution in [0.5, 0.6) is 0 Å². The van der Waals surface area contributed by atoms with Gasteiger partial charge in [-0.3, -0.25) is 9.80 Å². The third-order valence-corrected chi connectivity index (χ3v) is 4.79. The number of benzene rings is 1. The van der Waals surface area contributed by atoms with Crippen LogP contribution in [-0.2, 0) is 17.8 Å². The molecule has 2 aromatic rings. The normalized spacial score (nSPS) is 16.1. The highest BCUT2D eigenvalue weighted by Crippen LogP contribution is 2.19. The smallest absolute Gasteiger partial charge is 0.341 e. The van der Waals surface area contributed by atoms with E-state index in [-0.39, 0.29) is 5.97 Å². The molecule has 1 aromatic carbocycles. The number of rotatable bonds is 5. The van der Waals surface area contributed by atoms with Crippen LogP contribution in [0.15, 0.2) is 34.7 Å². The number of carbonyl (C=O) groups excluding carboxylic acids is 1. The lowest BCUT2D eigenvalue weighted by Crippen LogP contribution is -2.45. The molecule has 0 radical (unpaired) electrons. The molecular formula is C19H23ClN2O3. The summed E-state index contributed by atoms with van der Waals surface area (Å²) < 4.78 is 10.5. The average molecular weight is 363 g/mol. The minimum Gasteiger partial charge on any atom is -0.465 e. The lowest BCUT2D eigenvalue weighted by molar-refractivity contribution is 0.0599. The minimum absolute atomic E-state index is 0.347. The second-order valence-corrected chi connectivity index (χ2v) is 6.79. The van der Waals surface area contributed by atoms with E-state index in [0.29, 0.717) is 17.9 Å². The molecule has 0 unspecified atom stereocenters. The van der Waals surface area contributed by atoms with Crippen LogP contribution < -0.4 is 0 Å². The van der Waals surface area contributed by atoms with Crippen LogP contribution in [-0.4, -0.2) is 49.1 Å². The first-order chi connectivity index (χ1) is 12.0. The van der Waals surface area contributed by atoms with Gasteiger partial charge in [0.25, 0.3) is 0 Å². The number of hydrogen-bond acceptors (Lipinski definition) is 5. The van der Waals surface area contributed by atoms with Crippen LogP contribution >= 0.6 is 11.6 Å². The number of furan rings is 1. The van der Waals surface area contributed by atoms with E-state index < -0.39 is 0 Å². The van der Waals surface area contributed by atoms with Gasteiger partial charge < -0.3 is 9.15 Å². The molecule has 1 aliphatic rings. The monoisotopic (exact) mass is 362 g/mol. The summed E-state index contributed by atoms with van der Waals surface area (Å²) >= 11 is 5.93. The van der Waals surface area contributed by atoms with Gasteiger partial charge >= 0.3 is 5.97 Å². The maximum Gasteiger partial charge on any atom is 0.341 e. The Morgan fingerprint density at radius 2 is 1.72 bits per heavy atom. The van der Waals surface area contributed by atoms with Gasteiger partial charge in [-0.2, -0.15) is 0 Å². The number of esters is 1. The van der Waals surface area contributed by atoms with Crippen molar-refractivity contribution in [2.24, 2.45) is 0 Å². The molecule has 25 heavy (non-hydrogen) atoms. The molecule has 0 aliphatic carbocycles. The van der Waals surface area contributed by atoms with Crippen LogP contribution in [0.3, 0.4) is 0 Å². The summed E-state index contributed by atoms with van der Waals surface area (Å²) in [5.74, 6) is 1.08. The molecule has 1 saturated heterocycles. The average Bonchev–Trinajstić information content (AvgIpc) is 2.98. The van der Waals surface area contributed by atoms with Crippen LogP contribution in [0.4, 0.5) is 0 Å². The van der Waals surface area contributed by atoms with E-state index in [4.69, 9.17) is 20.8 Å². The first-order valence-corrected chi connectivity index (χ1v) is 8.79. The topological polar surface area (TPSA) is 45.9 Å². The predicted octanol–water partition coefficient (Wildman–Crippen LogP) is 3.35. The lowest BCUT2D eigenvalue weighted by Gasteiger charge is -2.34. The Balaban J connectivity index is 1.51. The van der Waals surface area contributed by atoms with E-state index in [9.17, 15) is 4.79 Å². The third kappa shape index (κ3) is 4.63. The Morgan fingerprint density at radius 3 is 2.32 bits per heavy atom. The van der Waals surface area contributed by atoms with Crippen molar-refractivity contribution in [1.82, 2.24) is 9.80 Å². The van der Waals surface area contributed by atoms with E-state index in [1.54, 1.807) is 13.0 Å². The predicted molar refractivity (Wildman–Crippen MR) is 96.8 cm³/mol. The maximum absolute atomic E-state index is 11.7. The number of piperazine rings is 1. The summed E-state index contributed by atoms with van der Waals surface area (Å²) in [7, 11) is 1.38. The van der Waals surface area contributed by atoms with E-state index in [0.717, 1.165) is 43.5 Å². The highest BCUT2D eigenvalue weighted by Gasteiger charge is 2.20. The zero-order valence-corrected chi connectivity index (χ0v) is 15.4. The van der Waals surface area contributed by atoms with Gasteiger partial charge in [0.15, 0.2) is 0 Å². The fraction of sp³-hybridized carbons (Fsp3) is 0.421. The van der Waals surface area contributed by atoms with Crippen molar-refractivity contribution >= 4 is 17.6 Å². The zero-order valence-electron chi connectivity index (χ0n) is 14.6. The van der Waals surface area contributed by atoms with E-state index in [2.05, 4.69) is 21.9 Å². The quantitative estimate of drug-likeness (QED) is 0.763. The molecule has 1 aliphatic heterocycles. The fourth-order valence-electron chi connectivity index (χ4n) is 3.11. The second-order valence-electron chi connectivity index (χ2n) is 6.35. The van der Waals surface area contributed by atoms with Crippen LogP contribution in [0, 0.1) is 6.92 Å². The van der Waals surface area contributed by atoms with Gasteiger partial charge in [-0.1, -0.05) is 23.7 Å². The Hall–Kier alpha value is -1.82. The second kappa shape index (κ2) is 8.04. The van der Waals surface area contributed by atoms with Gasteiger partial charge in [-0.05, 0) is 30.7 Å². The van der Waals surface area contributed by atoms with Crippen molar-refractivity contribution in [3.8, 4) is 0 Å². The van der Waals surface area contributed by atoms with Crippen molar-refractivity contribution in [1.29, 1.82) is 0 Å². The van der Waals surface area contributed by atoms with Crippen LogP contribution in [0.2, 0.25) is 5.02 Å². The number of carbonyl (C=O) groups is 1. The number of halogens is 1. The molecule has 6 heteroatoms. The lowest BCUT2D eigenvalue weighted by atomic mass is 10.2. The zero-order chi connectivity index (χ0) is 17.8. The van der Waals surface area contributed by atoms with Crippen molar-refractivity contribution in [2.75, 3.05) is 33.3 Å². The summed E-state index contributed by atoms with van der Waals surface area (Å²) in [5.41, 5.74) is 1.79. The Kier molecular flexibility index (Phi) is 5.78. The van der Waals surface area contributed by atoms with Crippen molar-refractivity contribution in [2.45, 2.75) is 20.0 Å². The number of methoxy groups -OCH3 is 1. The molecule has 3 rings (SSSR count). The van der Waals surface area contributed by atoms with Crippen LogP contribution in [0.25, 0.3) is 0 Å². The first kappa shape index (κ1) is 18.0. The van der Waals surface area contributed by atoms with Crippen LogP contribution in [0.1, 0.15) is 27.4 Å². The molecule has 134 valence electrons. The SMILES string of the molecule is COC(=O)c1cc(CN2CCN(Cc3ccc(Cl)cc3)CC2)oc1C. The molecule has 0 amide bonds. The number of ether oxygens (including phenoxy) is 1. The van der Waals surface area contributed by atoms with Crippen molar-refractivity contribution in [3.05, 3.63) is 58.0 Å². The van der Waals surface area contributed by atoms with Gasteiger partial charge in [0.1, 0.15) is 17.1 Å². The molecule has 0 atom stereocenters. The Bertz CT molecular complexity index is 719. The molecule has 0 spiro atoms. The van der Waals surface area contributed by atoms with Gasteiger partial charge in [0.05, 0.1) is 13.7 Å². The summed E-state index contributed by atoms with van der Waals surface area (Å²) in [4.78, 5) is 16.4. The Morgan fingerprint density at radius 1 is 1.12 bits per heavy atom. The van der Waals surface area contributed by atoms with Crippen molar-refractivity contribution in [3.63, 3.8) is 0 Å². The number of nitrogens with zero attached hydrogens (tertiary/aromatic N) is 2. The molecule has 0 N–H and O–H groups in total. The summed E-state index contributed by atoms with van der Waals surface area (Å²) in [6.07, 6.45) is 0. The van der Waals surface area contributed by atoms with Gasteiger partial charge in [-0.25, -0.2) is 4.79 Å². The summed E-state index contributed by atoms with van der Waals surface area (Å²) in [5, 5.41) is 0.772. The molecule has 0 bridgehead atoms. The van der Waals surface area contributed by atoms with Gasteiger partial charge in [0, 0.05) is 37.7 Å². The van der Waals surface area contributed by atoms with Gasteiger partial charge in [-0.15, -0.1) is 0 Å². The highest BCUT2D eigenvalue weighted by molar-refractivity contribution is 6.30. The standard InChI is InChI=1S/C19H23ClN2O3/c1-14-18(19(23)24-2)11-17(25-14)13-22-9-7-21(8-10-22)12-15-3-5-16(20)6-4-15/h3-6,11H,7-10,12-13H2,1-2H3. The molecular weight excluding hydrogens is 340 g/mol. The van der Waals surface area contributed by atoms with E-state index in [1.807, 2.05) is 12.1 Å². The van der Waals surface area contributed by atoms with E-state index in [1.165, 1.54) is 12.7 Å². The molecule has 1 aromatic heterocycles. The third-order valence-electron chi connectivity index (χ3n) is 4.54. The maximum atomic E-state index is 11.7. The minimum atomic E-state index is -0.347. The highest BCUT2D eigenvalue weighted by atomic mass is 35.5. The fourth-order valence-corrected chi connectivity index (χ4v) is 3.23. The van der Waals surface area contributed by atoms with Crippen molar-refractivity contribution < 1.29 is 13.9 Å². The molecule has 2 heterocycles. The molecule has 0 saturated carbocycles. The summed E-state index contributed by atoms with van der Waals surface area (Å²) in [6, 6.07) is 9.82. The number of aryl methyl sites for hydroxylation is 1. The summed E-state index contributed by atoms with van der Waals surface area (Å²) in [6.45, 7) is 7.41. The van der Waals surface area contributed by atoms with E-state index >= 15 is 0 Å². The Labute approximate surface area is 153 Å². The molecule has 5 nitrogen and oxygen atoms in total. The van der Waals surface area contributed by atoms with Gasteiger partial charge in [0.2, 0.25) is 0 Å².